The number of hydrogen-bond acceptors (Lipinski definition) is 4. The Morgan fingerprint density at radius 1 is 1.42 bits per heavy atom. The maximum atomic E-state index is 11.2. The Labute approximate surface area is 142 Å². The highest BCUT2D eigenvalue weighted by Crippen LogP contribution is 2.28. The summed E-state index contributed by atoms with van der Waals surface area (Å²) in [6, 6.07) is 7.69. The van der Waals surface area contributed by atoms with Gasteiger partial charge >= 0.3 is 5.97 Å². The number of piperidine rings is 1. The van der Waals surface area contributed by atoms with Crippen molar-refractivity contribution in [2.75, 3.05) is 13.1 Å². The van der Waals surface area contributed by atoms with Gasteiger partial charge in [0.05, 0.1) is 12.1 Å². The predicted molar refractivity (Wildman–Crippen MR) is 91.1 cm³/mol. The van der Waals surface area contributed by atoms with Crippen molar-refractivity contribution in [3.8, 4) is 0 Å². The summed E-state index contributed by atoms with van der Waals surface area (Å²) in [6.07, 6.45) is 3.99. The molecule has 1 saturated heterocycles. The molecule has 1 aromatic heterocycles. The van der Waals surface area contributed by atoms with Gasteiger partial charge in [0.25, 0.3) is 0 Å². The fourth-order valence-corrected chi connectivity index (χ4v) is 3.41. The second-order valence-electron chi connectivity index (χ2n) is 6.75. The van der Waals surface area contributed by atoms with Crippen LogP contribution in [0.25, 0.3) is 0 Å². The van der Waals surface area contributed by atoms with E-state index in [1.54, 1.807) is 12.4 Å². The summed E-state index contributed by atoms with van der Waals surface area (Å²) in [7, 11) is 0. The van der Waals surface area contributed by atoms with Crippen molar-refractivity contribution in [1.29, 1.82) is 0 Å². The van der Waals surface area contributed by atoms with E-state index in [0.29, 0.717) is 17.5 Å². The van der Waals surface area contributed by atoms with Crippen molar-refractivity contribution in [3.63, 3.8) is 0 Å². The molecule has 1 N–H and O–H groups in total. The van der Waals surface area contributed by atoms with Crippen molar-refractivity contribution in [1.82, 2.24) is 19.7 Å². The Balaban J connectivity index is 1.71. The fourth-order valence-electron chi connectivity index (χ4n) is 3.41. The molecule has 1 aromatic carbocycles. The molecular weight excluding hydrogens is 304 g/mol. The van der Waals surface area contributed by atoms with Crippen LogP contribution in [0.3, 0.4) is 0 Å². The molecule has 1 aliphatic heterocycles. The Kier molecular flexibility index (Phi) is 4.94. The van der Waals surface area contributed by atoms with Crippen molar-refractivity contribution in [2.24, 2.45) is 0 Å². The van der Waals surface area contributed by atoms with Crippen LogP contribution in [0.1, 0.15) is 60.4 Å². The second-order valence-corrected chi connectivity index (χ2v) is 6.75. The van der Waals surface area contributed by atoms with E-state index in [1.807, 2.05) is 18.2 Å². The number of benzene rings is 1. The third-order valence-electron chi connectivity index (χ3n) is 4.68. The largest absolute Gasteiger partial charge is 0.478 e. The molecule has 0 aliphatic carbocycles. The lowest BCUT2D eigenvalue weighted by atomic mass is 9.89. The lowest BCUT2D eigenvalue weighted by molar-refractivity contribution is 0.0696. The van der Waals surface area contributed by atoms with Gasteiger partial charge in [-0.1, -0.05) is 12.1 Å². The third-order valence-corrected chi connectivity index (χ3v) is 4.68. The summed E-state index contributed by atoms with van der Waals surface area (Å²) in [4.78, 5) is 13.6. The quantitative estimate of drug-likeness (QED) is 0.914. The number of hydrogen-bond donors (Lipinski definition) is 1. The number of aromatic carboxylic acids is 1. The first-order chi connectivity index (χ1) is 11.5. The standard InChI is InChI=1S/C18H24N4O2/c1-13(2)22-12-19-20-17(22)11-21-8-4-7-16(10-21)14-5-3-6-15(9-14)18(23)24/h3,5-6,9,12-13,16H,4,7-8,10-11H2,1-2H3,(H,23,24). The molecule has 1 aliphatic rings. The molecule has 0 spiro atoms. The highest BCUT2D eigenvalue weighted by Gasteiger charge is 2.23. The summed E-state index contributed by atoms with van der Waals surface area (Å²) in [5.41, 5.74) is 1.48. The van der Waals surface area contributed by atoms with Crippen molar-refractivity contribution in [3.05, 3.63) is 47.5 Å². The lowest BCUT2D eigenvalue weighted by Crippen LogP contribution is -2.34. The Morgan fingerprint density at radius 3 is 3.00 bits per heavy atom. The van der Waals surface area contributed by atoms with E-state index >= 15 is 0 Å². The van der Waals surface area contributed by atoms with Gasteiger partial charge in [-0.05, 0) is 56.8 Å². The number of likely N-dealkylation sites (tertiary alicyclic amines) is 1. The zero-order valence-electron chi connectivity index (χ0n) is 14.2. The molecule has 24 heavy (non-hydrogen) atoms. The molecule has 0 bridgehead atoms. The minimum absolute atomic E-state index is 0.350. The van der Waals surface area contributed by atoms with Gasteiger partial charge in [0, 0.05) is 12.6 Å². The number of nitrogens with zero attached hydrogens (tertiary/aromatic N) is 4. The van der Waals surface area contributed by atoms with Crippen LogP contribution in [0.15, 0.2) is 30.6 Å². The Hall–Kier alpha value is -2.21. The number of aromatic nitrogens is 3. The van der Waals surface area contributed by atoms with Crippen LogP contribution in [-0.2, 0) is 6.54 Å². The van der Waals surface area contributed by atoms with E-state index in [1.165, 1.54) is 0 Å². The van der Waals surface area contributed by atoms with Crippen molar-refractivity contribution in [2.45, 2.75) is 45.2 Å². The molecule has 3 rings (SSSR count). The minimum atomic E-state index is -0.866. The molecular formula is C18H24N4O2. The second kappa shape index (κ2) is 7.13. The van der Waals surface area contributed by atoms with Crippen LogP contribution >= 0.6 is 0 Å². The highest BCUT2D eigenvalue weighted by molar-refractivity contribution is 5.87. The summed E-state index contributed by atoms with van der Waals surface area (Å²) < 4.78 is 2.11. The summed E-state index contributed by atoms with van der Waals surface area (Å²) in [5.74, 6) is 0.493. The molecule has 2 heterocycles. The topological polar surface area (TPSA) is 71.2 Å². The van der Waals surface area contributed by atoms with Gasteiger partial charge in [0.15, 0.2) is 0 Å². The Morgan fingerprint density at radius 2 is 2.25 bits per heavy atom. The molecule has 0 radical (unpaired) electrons. The van der Waals surface area contributed by atoms with Crippen molar-refractivity contribution < 1.29 is 9.90 Å². The number of carboxylic acid groups (broad SMARTS) is 1. The normalized spacial score (nSPS) is 18.9. The van der Waals surface area contributed by atoms with Gasteiger partial charge in [-0.3, -0.25) is 4.90 Å². The molecule has 128 valence electrons. The van der Waals surface area contributed by atoms with Gasteiger partial charge in [-0.25, -0.2) is 4.79 Å². The summed E-state index contributed by atoms with van der Waals surface area (Å²) in [6.45, 7) is 7.01. The van der Waals surface area contributed by atoms with Gasteiger partial charge in [-0.2, -0.15) is 0 Å². The monoisotopic (exact) mass is 328 g/mol. The fraction of sp³-hybridized carbons (Fsp3) is 0.500. The van der Waals surface area contributed by atoms with Crippen LogP contribution in [-0.4, -0.2) is 43.8 Å². The number of rotatable bonds is 5. The number of carbonyl (C=O) groups is 1. The highest BCUT2D eigenvalue weighted by atomic mass is 16.4. The first-order valence-corrected chi connectivity index (χ1v) is 8.48. The first-order valence-electron chi connectivity index (χ1n) is 8.48. The first kappa shape index (κ1) is 16.6. The number of carboxylic acids is 1. The molecule has 1 unspecified atom stereocenters. The van der Waals surface area contributed by atoms with E-state index in [0.717, 1.165) is 43.9 Å². The van der Waals surface area contributed by atoms with Gasteiger partial charge in [-0.15, -0.1) is 10.2 Å². The van der Waals surface area contributed by atoms with E-state index < -0.39 is 5.97 Å². The zero-order chi connectivity index (χ0) is 17.1. The lowest BCUT2D eigenvalue weighted by Gasteiger charge is -2.33. The van der Waals surface area contributed by atoms with E-state index in [4.69, 9.17) is 0 Å². The van der Waals surface area contributed by atoms with Crippen LogP contribution in [0.5, 0.6) is 0 Å². The third kappa shape index (κ3) is 3.64. The average Bonchev–Trinajstić information content (AvgIpc) is 3.03. The molecule has 2 aromatic rings. The van der Waals surface area contributed by atoms with E-state index in [9.17, 15) is 9.90 Å². The maximum Gasteiger partial charge on any atom is 0.335 e. The van der Waals surface area contributed by atoms with Gasteiger partial charge in [0.2, 0.25) is 0 Å². The molecule has 0 saturated carbocycles. The molecule has 1 fully saturated rings. The van der Waals surface area contributed by atoms with Crippen molar-refractivity contribution >= 4 is 5.97 Å². The Bertz CT molecular complexity index is 711. The smallest absolute Gasteiger partial charge is 0.335 e. The molecule has 6 heteroatoms. The summed E-state index contributed by atoms with van der Waals surface area (Å²) in [5, 5.41) is 17.5. The van der Waals surface area contributed by atoms with Gasteiger partial charge in [0.1, 0.15) is 12.2 Å². The predicted octanol–water partition coefficient (Wildman–Crippen LogP) is 2.94. The van der Waals surface area contributed by atoms with Gasteiger partial charge < -0.3 is 9.67 Å². The van der Waals surface area contributed by atoms with Crippen LogP contribution in [0.4, 0.5) is 0 Å². The van der Waals surface area contributed by atoms with E-state index in [-0.39, 0.29) is 0 Å². The maximum absolute atomic E-state index is 11.2. The molecule has 6 nitrogen and oxygen atoms in total. The van der Waals surface area contributed by atoms with Crippen LogP contribution < -0.4 is 0 Å². The SMILES string of the molecule is CC(C)n1cnnc1CN1CCCC(c2cccc(C(=O)O)c2)C1. The van der Waals surface area contributed by atoms with Crippen LogP contribution in [0.2, 0.25) is 0 Å². The van der Waals surface area contributed by atoms with E-state index in [2.05, 4.69) is 33.5 Å². The summed E-state index contributed by atoms with van der Waals surface area (Å²) >= 11 is 0. The molecule has 0 amide bonds. The zero-order valence-corrected chi connectivity index (χ0v) is 14.2. The average molecular weight is 328 g/mol. The van der Waals surface area contributed by atoms with Crippen LogP contribution in [0, 0.1) is 0 Å². The molecule has 1 atom stereocenters. The minimum Gasteiger partial charge on any atom is -0.478 e.